The highest BCUT2D eigenvalue weighted by molar-refractivity contribution is 6.52. The zero-order chi connectivity index (χ0) is 5.91. The third-order valence-electron chi connectivity index (χ3n) is 0.477. The summed E-state index contributed by atoms with van der Waals surface area (Å²) < 4.78 is -0.943. The third kappa shape index (κ3) is 3.22. The Hall–Kier alpha value is 0.610. The SMILES string of the molecule is C=CC(Cl)(Cl)CCl. The molecule has 0 aliphatic carbocycles. The number of rotatable bonds is 2. The van der Waals surface area contributed by atoms with Crippen molar-refractivity contribution in [3.63, 3.8) is 0 Å². The minimum atomic E-state index is -0.943. The van der Waals surface area contributed by atoms with Gasteiger partial charge in [0.05, 0.1) is 5.88 Å². The second-order valence-electron chi connectivity index (χ2n) is 1.10. The first-order valence-electron chi connectivity index (χ1n) is 1.70. The van der Waals surface area contributed by atoms with Gasteiger partial charge in [0.2, 0.25) is 0 Å². The molecule has 0 saturated carbocycles. The molecule has 42 valence electrons. The van der Waals surface area contributed by atoms with Gasteiger partial charge in [-0.1, -0.05) is 29.3 Å². The van der Waals surface area contributed by atoms with E-state index in [4.69, 9.17) is 34.8 Å². The van der Waals surface area contributed by atoms with Crippen LogP contribution in [0.15, 0.2) is 12.7 Å². The highest BCUT2D eigenvalue weighted by Gasteiger charge is 2.15. The van der Waals surface area contributed by atoms with Crippen molar-refractivity contribution < 1.29 is 0 Å². The van der Waals surface area contributed by atoms with E-state index in [9.17, 15) is 0 Å². The molecule has 0 nitrogen and oxygen atoms in total. The van der Waals surface area contributed by atoms with Gasteiger partial charge in [0.25, 0.3) is 0 Å². The Bertz CT molecular complexity index is 67.3. The fourth-order valence-electron chi connectivity index (χ4n) is 0.0546. The predicted molar refractivity (Wildman–Crippen MR) is 35.4 cm³/mol. The summed E-state index contributed by atoms with van der Waals surface area (Å²) >= 11 is 16.1. The number of hydrogen-bond donors (Lipinski definition) is 0. The van der Waals surface area contributed by atoms with Crippen LogP contribution in [0.1, 0.15) is 0 Å². The maximum atomic E-state index is 5.42. The van der Waals surface area contributed by atoms with Crippen LogP contribution < -0.4 is 0 Å². The molecule has 0 rings (SSSR count). The number of alkyl halides is 3. The Morgan fingerprint density at radius 1 is 1.57 bits per heavy atom. The van der Waals surface area contributed by atoms with Crippen LogP contribution in [0.4, 0.5) is 0 Å². The molecular weight excluding hydrogens is 154 g/mol. The van der Waals surface area contributed by atoms with Gasteiger partial charge in [-0.2, -0.15) is 0 Å². The fourth-order valence-corrected chi connectivity index (χ4v) is 0.164. The summed E-state index contributed by atoms with van der Waals surface area (Å²) in [7, 11) is 0. The molecule has 7 heavy (non-hydrogen) atoms. The molecule has 0 aromatic heterocycles. The van der Waals surface area contributed by atoms with E-state index in [1.54, 1.807) is 0 Å². The highest BCUT2D eigenvalue weighted by atomic mass is 35.5. The van der Waals surface area contributed by atoms with Gasteiger partial charge in [-0.25, -0.2) is 0 Å². The second kappa shape index (κ2) is 2.81. The van der Waals surface area contributed by atoms with E-state index < -0.39 is 4.33 Å². The van der Waals surface area contributed by atoms with Crippen LogP contribution in [0, 0.1) is 0 Å². The summed E-state index contributed by atoms with van der Waals surface area (Å²) in [6, 6.07) is 0. The topological polar surface area (TPSA) is 0 Å². The standard InChI is InChI=1S/C4H5Cl3/c1-2-4(6,7)3-5/h2H,1,3H2. The van der Waals surface area contributed by atoms with Crippen LogP contribution in [0.25, 0.3) is 0 Å². The van der Waals surface area contributed by atoms with Gasteiger partial charge in [0, 0.05) is 0 Å². The summed E-state index contributed by atoms with van der Waals surface area (Å²) in [5, 5.41) is 0. The van der Waals surface area contributed by atoms with E-state index >= 15 is 0 Å². The lowest BCUT2D eigenvalue weighted by Gasteiger charge is -2.06. The summed E-state index contributed by atoms with van der Waals surface area (Å²) in [4.78, 5) is 0. The van der Waals surface area contributed by atoms with Crippen molar-refractivity contribution in [3.8, 4) is 0 Å². The van der Waals surface area contributed by atoms with Gasteiger partial charge in [-0.3, -0.25) is 0 Å². The number of halogens is 3. The van der Waals surface area contributed by atoms with Crippen molar-refractivity contribution in [2.75, 3.05) is 5.88 Å². The molecule has 0 aliphatic heterocycles. The Balaban J connectivity index is 3.58. The highest BCUT2D eigenvalue weighted by Crippen LogP contribution is 2.22. The van der Waals surface area contributed by atoms with E-state index in [0.29, 0.717) is 0 Å². The number of hydrogen-bond acceptors (Lipinski definition) is 0. The van der Waals surface area contributed by atoms with Crippen molar-refractivity contribution >= 4 is 34.8 Å². The molecule has 0 aromatic rings. The zero-order valence-electron chi connectivity index (χ0n) is 3.63. The molecule has 0 amide bonds. The van der Waals surface area contributed by atoms with E-state index in [1.807, 2.05) is 0 Å². The lowest BCUT2D eigenvalue weighted by Crippen LogP contribution is -2.08. The maximum absolute atomic E-state index is 5.42. The normalized spacial score (nSPS) is 11.3. The molecule has 0 N–H and O–H groups in total. The van der Waals surface area contributed by atoms with E-state index in [0.717, 1.165) is 0 Å². The first-order chi connectivity index (χ1) is 3.12. The monoisotopic (exact) mass is 158 g/mol. The molecule has 0 bridgehead atoms. The molecule has 0 radical (unpaired) electrons. The van der Waals surface area contributed by atoms with Gasteiger partial charge in [-0.15, -0.1) is 18.2 Å². The quantitative estimate of drug-likeness (QED) is 0.429. The predicted octanol–water partition coefficient (Wildman–Crippen LogP) is 2.59. The summed E-state index contributed by atoms with van der Waals surface area (Å²) in [6.07, 6.45) is 1.39. The fraction of sp³-hybridized carbons (Fsp3) is 0.500. The summed E-state index contributed by atoms with van der Waals surface area (Å²) in [5.41, 5.74) is 0. The van der Waals surface area contributed by atoms with Crippen LogP contribution in [0.3, 0.4) is 0 Å². The second-order valence-corrected chi connectivity index (χ2v) is 2.91. The lowest BCUT2D eigenvalue weighted by atomic mass is 10.5. The van der Waals surface area contributed by atoms with E-state index in [-0.39, 0.29) is 5.88 Å². The molecule has 0 saturated heterocycles. The first kappa shape index (κ1) is 7.61. The van der Waals surface area contributed by atoms with Crippen molar-refractivity contribution in [2.24, 2.45) is 0 Å². The smallest absolute Gasteiger partial charge is 0.123 e. The summed E-state index contributed by atoms with van der Waals surface area (Å²) in [6.45, 7) is 3.35. The van der Waals surface area contributed by atoms with Crippen molar-refractivity contribution in [2.45, 2.75) is 4.33 Å². The van der Waals surface area contributed by atoms with Crippen molar-refractivity contribution in [1.29, 1.82) is 0 Å². The van der Waals surface area contributed by atoms with Crippen LogP contribution in [0.5, 0.6) is 0 Å². The molecule has 0 fully saturated rings. The zero-order valence-corrected chi connectivity index (χ0v) is 5.89. The molecule has 3 heteroatoms. The van der Waals surface area contributed by atoms with Crippen LogP contribution >= 0.6 is 34.8 Å². The maximum Gasteiger partial charge on any atom is 0.149 e. The van der Waals surface area contributed by atoms with Gasteiger partial charge in [-0.05, 0) is 0 Å². The average Bonchev–Trinajstić information content (AvgIpc) is 1.68. The van der Waals surface area contributed by atoms with Crippen molar-refractivity contribution in [1.82, 2.24) is 0 Å². The molecule has 0 aliphatic rings. The Morgan fingerprint density at radius 2 is 2.00 bits per heavy atom. The van der Waals surface area contributed by atoms with Gasteiger partial charge in [0.1, 0.15) is 4.33 Å². The minimum absolute atomic E-state index is 0.180. The number of allylic oxidation sites excluding steroid dienone is 1. The Labute approximate surface area is 58.1 Å². The Morgan fingerprint density at radius 3 is 2.00 bits per heavy atom. The third-order valence-corrected chi connectivity index (χ3v) is 1.75. The first-order valence-corrected chi connectivity index (χ1v) is 2.99. The van der Waals surface area contributed by atoms with Gasteiger partial charge in [0.15, 0.2) is 0 Å². The molecule has 0 spiro atoms. The molecule has 0 aromatic carbocycles. The van der Waals surface area contributed by atoms with Crippen LogP contribution in [-0.2, 0) is 0 Å². The molecule has 0 unspecified atom stereocenters. The van der Waals surface area contributed by atoms with Gasteiger partial charge >= 0.3 is 0 Å². The van der Waals surface area contributed by atoms with Crippen LogP contribution in [-0.4, -0.2) is 10.2 Å². The van der Waals surface area contributed by atoms with E-state index in [2.05, 4.69) is 6.58 Å². The molecular formula is C4H5Cl3. The summed E-state index contributed by atoms with van der Waals surface area (Å²) in [5.74, 6) is 0.180. The van der Waals surface area contributed by atoms with Gasteiger partial charge < -0.3 is 0 Å². The average molecular weight is 159 g/mol. The molecule has 0 heterocycles. The largest absolute Gasteiger partial charge is 0.149 e. The van der Waals surface area contributed by atoms with Crippen LogP contribution in [0.2, 0.25) is 0 Å². The minimum Gasteiger partial charge on any atom is -0.123 e. The van der Waals surface area contributed by atoms with Crippen molar-refractivity contribution in [3.05, 3.63) is 12.7 Å². The van der Waals surface area contributed by atoms with E-state index in [1.165, 1.54) is 6.08 Å². The Kier molecular flexibility index (Phi) is 3.05. The molecule has 0 atom stereocenters. The lowest BCUT2D eigenvalue weighted by molar-refractivity contribution is 1.14.